The summed E-state index contributed by atoms with van der Waals surface area (Å²) in [6.45, 7) is 6.26. The zero-order valence-corrected chi connectivity index (χ0v) is 21.0. The number of carbonyl (C=O) groups excluding carboxylic acids is 1. The first-order valence-electron chi connectivity index (χ1n) is 10.7. The Bertz CT molecular complexity index is 1010. The third kappa shape index (κ3) is 7.71. The minimum atomic E-state index is -3.51. The molecule has 176 valence electrons. The summed E-state index contributed by atoms with van der Waals surface area (Å²) in [5.41, 5.74) is 2.36. The molecule has 0 unspecified atom stereocenters. The molecule has 0 radical (unpaired) electrons. The number of ether oxygens (including phenoxy) is 1. The van der Waals surface area contributed by atoms with Crippen LogP contribution >= 0.6 is 11.6 Å². The van der Waals surface area contributed by atoms with E-state index < -0.39 is 10.0 Å². The molecule has 1 atom stereocenters. The van der Waals surface area contributed by atoms with Crippen molar-refractivity contribution in [3.8, 4) is 5.75 Å². The van der Waals surface area contributed by atoms with Crippen molar-refractivity contribution in [2.75, 3.05) is 24.2 Å². The van der Waals surface area contributed by atoms with Gasteiger partial charge in [-0.05, 0) is 61.1 Å². The molecule has 0 aliphatic heterocycles. The fraction of sp³-hybridized carbons (Fsp3) is 0.458. The highest BCUT2D eigenvalue weighted by molar-refractivity contribution is 7.92. The summed E-state index contributed by atoms with van der Waals surface area (Å²) in [6.07, 6.45) is 2.57. The van der Waals surface area contributed by atoms with Gasteiger partial charge in [0.2, 0.25) is 15.9 Å². The molecule has 0 heterocycles. The quantitative estimate of drug-likeness (QED) is 0.485. The largest absolute Gasteiger partial charge is 0.497 e. The van der Waals surface area contributed by atoms with Gasteiger partial charge in [0, 0.05) is 18.0 Å². The molecular weight excluding hydrogens is 448 g/mol. The van der Waals surface area contributed by atoms with Crippen molar-refractivity contribution >= 4 is 33.2 Å². The normalized spacial score (nSPS) is 12.5. The van der Waals surface area contributed by atoms with Crippen molar-refractivity contribution in [3.05, 3.63) is 58.6 Å². The molecular formula is C24H33ClN2O4S. The lowest BCUT2D eigenvalue weighted by atomic mass is 9.96. The maximum absolute atomic E-state index is 12.7. The van der Waals surface area contributed by atoms with Crippen molar-refractivity contribution < 1.29 is 17.9 Å². The molecule has 0 spiro atoms. The van der Waals surface area contributed by atoms with E-state index in [1.807, 2.05) is 31.2 Å². The Labute approximate surface area is 197 Å². The zero-order chi connectivity index (χ0) is 23.9. The fourth-order valence-corrected chi connectivity index (χ4v) is 4.73. The van der Waals surface area contributed by atoms with Gasteiger partial charge in [-0.15, -0.1) is 0 Å². The van der Waals surface area contributed by atoms with Gasteiger partial charge in [0.05, 0.1) is 25.1 Å². The molecule has 2 aromatic carbocycles. The highest BCUT2D eigenvalue weighted by Crippen LogP contribution is 2.27. The molecule has 0 aromatic heterocycles. The molecule has 2 aromatic rings. The number of anilines is 1. The van der Waals surface area contributed by atoms with Crippen LogP contribution in [-0.4, -0.2) is 34.2 Å². The number of sulfonamides is 1. The van der Waals surface area contributed by atoms with Crippen LogP contribution in [0.15, 0.2) is 42.5 Å². The number of hydrogen-bond donors (Lipinski definition) is 1. The standard InChI is InChI=1S/C24H33ClN2O4S/c1-17(2)15-22(19-9-12-21(31-4)13-10-19)26-24(28)7-6-14-27(32(5,29)30)23-16-20(25)11-8-18(23)3/h8-13,16-17,22H,6-7,14-15H2,1-5H3,(H,26,28)/t22-/m1/s1. The number of halogens is 1. The smallest absolute Gasteiger partial charge is 0.232 e. The molecule has 0 aliphatic carbocycles. The maximum Gasteiger partial charge on any atom is 0.232 e. The third-order valence-electron chi connectivity index (χ3n) is 5.17. The number of nitrogens with one attached hydrogen (secondary N) is 1. The van der Waals surface area contributed by atoms with Crippen LogP contribution in [0.4, 0.5) is 5.69 Å². The number of aryl methyl sites for hydroxylation is 1. The second-order valence-corrected chi connectivity index (χ2v) is 10.7. The predicted octanol–water partition coefficient (Wildman–Crippen LogP) is 5.11. The first-order valence-corrected chi connectivity index (χ1v) is 12.9. The van der Waals surface area contributed by atoms with Crippen molar-refractivity contribution in [1.29, 1.82) is 0 Å². The number of amides is 1. The van der Waals surface area contributed by atoms with Crippen LogP contribution in [0.5, 0.6) is 5.75 Å². The Morgan fingerprint density at radius 1 is 1.16 bits per heavy atom. The van der Waals surface area contributed by atoms with Gasteiger partial charge in [0.1, 0.15) is 5.75 Å². The van der Waals surface area contributed by atoms with Crippen LogP contribution in [0.1, 0.15) is 50.3 Å². The number of rotatable bonds is 11. The van der Waals surface area contributed by atoms with E-state index in [9.17, 15) is 13.2 Å². The van der Waals surface area contributed by atoms with Gasteiger partial charge in [-0.25, -0.2) is 8.42 Å². The Kier molecular flexibility index (Phi) is 9.40. The summed E-state index contributed by atoms with van der Waals surface area (Å²) in [4.78, 5) is 12.7. The average Bonchev–Trinajstić information content (AvgIpc) is 2.71. The highest BCUT2D eigenvalue weighted by atomic mass is 35.5. The van der Waals surface area contributed by atoms with Crippen LogP contribution in [0.25, 0.3) is 0 Å². The molecule has 0 aliphatic rings. The first kappa shape index (κ1) is 26.0. The summed E-state index contributed by atoms with van der Waals surface area (Å²) in [5.74, 6) is 1.05. The molecule has 8 heteroatoms. The summed E-state index contributed by atoms with van der Waals surface area (Å²) in [6, 6.07) is 12.7. The van der Waals surface area contributed by atoms with Gasteiger partial charge in [0.25, 0.3) is 0 Å². The fourth-order valence-electron chi connectivity index (χ4n) is 3.55. The van der Waals surface area contributed by atoms with E-state index in [0.29, 0.717) is 23.0 Å². The van der Waals surface area contributed by atoms with Crippen LogP contribution in [0.2, 0.25) is 5.02 Å². The van der Waals surface area contributed by atoms with Crippen LogP contribution in [0, 0.1) is 12.8 Å². The number of hydrogen-bond acceptors (Lipinski definition) is 4. The van der Waals surface area contributed by atoms with Gasteiger partial charge in [-0.2, -0.15) is 0 Å². The first-order chi connectivity index (χ1) is 15.0. The van der Waals surface area contributed by atoms with Gasteiger partial charge < -0.3 is 10.1 Å². The van der Waals surface area contributed by atoms with E-state index in [1.54, 1.807) is 25.3 Å². The van der Waals surface area contributed by atoms with E-state index in [2.05, 4.69) is 19.2 Å². The second kappa shape index (κ2) is 11.6. The van der Waals surface area contributed by atoms with Crippen molar-refractivity contribution in [3.63, 3.8) is 0 Å². The van der Waals surface area contributed by atoms with Crippen molar-refractivity contribution in [1.82, 2.24) is 5.32 Å². The lowest BCUT2D eigenvalue weighted by molar-refractivity contribution is -0.122. The van der Waals surface area contributed by atoms with Crippen molar-refractivity contribution in [2.45, 2.75) is 46.1 Å². The molecule has 0 saturated carbocycles. The third-order valence-corrected chi connectivity index (χ3v) is 6.58. The van der Waals surface area contributed by atoms with Gasteiger partial charge >= 0.3 is 0 Å². The topological polar surface area (TPSA) is 75.7 Å². The molecule has 0 bridgehead atoms. The zero-order valence-electron chi connectivity index (χ0n) is 19.4. The Morgan fingerprint density at radius 3 is 2.38 bits per heavy atom. The van der Waals surface area contributed by atoms with Crippen LogP contribution in [0.3, 0.4) is 0 Å². The molecule has 0 saturated heterocycles. The summed E-state index contributed by atoms with van der Waals surface area (Å²) in [5, 5.41) is 3.57. The molecule has 2 rings (SSSR count). The van der Waals surface area contributed by atoms with Gasteiger partial charge in [0.15, 0.2) is 0 Å². The second-order valence-electron chi connectivity index (χ2n) is 8.39. The Hall–Kier alpha value is -2.25. The lowest BCUT2D eigenvalue weighted by Crippen LogP contribution is -2.33. The number of benzene rings is 2. The van der Waals surface area contributed by atoms with E-state index in [4.69, 9.17) is 16.3 Å². The summed E-state index contributed by atoms with van der Waals surface area (Å²) < 4.78 is 31.3. The molecule has 1 N–H and O–H groups in total. The SMILES string of the molecule is COc1ccc([C@@H](CC(C)C)NC(=O)CCCN(c2cc(Cl)ccc2C)S(C)(=O)=O)cc1. The number of carbonyl (C=O) groups is 1. The summed E-state index contributed by atoms with van der Waals surface area (Å²) >= 11 is 6.08. The number of methoxy groups -OCH3 is 1. The molecule has 32 heavy (non-hydrogen) atoms. The van der Waals surface area contributed by atoms with E-state index in [0.717, 1.165) is 29.6 Å². The van der Waals surface area contributed by atoms with Gasteiger partial charge in [-0.3, -0.25) is 9.10 Å². The maximum atomic E-state index is 12.7. The Balaban J connectivity index is 2.05. The summed E-state index contributed by atoms with van der Waals surface area (Å²) in [7, 11) is -1.89. The number of nitrogens with zero attached hydrogens (tertiary/aromatic N) is 1. The monoisotopic (exact) mass is 480 g/mol. The van der Waals surface area contributed by atoms with Gasteiger partial charge in [-0.1, -0.05) is 43.6 Å². The minimum absolute atomic E-state index is 0.109. The van der Waals surface area contributed by atoms with E-state index in [-0.39, 0.29) is 24.9 Å². The van der Waals surface area contributed by atoms with E-state index in [1.165, 1.54) is 4.31 Å². The van der Waals surface area contributed by atoms with Crippen molar-refractivity contribution in [2.24, 2.45) is 5.92 Å². The van der Waals surface area contributed by atoms with E-state index >= 15 is 0 Å². The molecule has 1 amide bonds. The Morgan fingerprint density at radius 2 is 1.81 bits per heavy atom. The lowest BCUT2D eigenvalue weighted by Gasteiger charge is -2.25. The van der Waals surface area contributed by atoms with Crippen LogP contribution in [-0.2, 0) is 14.8 Å². The minimum Gasteiger partial charge on any atom is -0.497 e. The highest BCUT2D eigenvalue weighted by Gasteiger charge is 2.21. The average molecular weight is 481 g/mol. The molecule has 6 nitrogen and oxygen atoms in total. The predicted molar refractivity (Wildman–Crippen MR) is 131 cm³/mol. The molecule has 0 fully saturated rings. The van der Waals surface area contributed by atoms with Crippen LogP contribution < -0.4 is 14.4 Å².